The first-order valence-electron chi connectivity index (χ1n) is 4.87. The molecule has 4 nitrogen and oxygen atoms in total. The molecule has 1 atom stereocenters. The molecule has 3 N–H and O–H groups in total. The van der Waals surface area contributed by atoms with Gasteiger partial charge in [-0.1, -0.05) is 6.08 Å². The molecule has 0 aromatic heterocycles. The van der Waals surface area contributed by atoms with Gasteiger partial charge in [-0.3, -0.25) is 0 Å². The lowest BCUT2D eigenvalue weighted by Crippen LogP contribution is -2.24. The molecule has 0 radical (unpaired) electrons. The number of aliphatic hydroxyl groups excluding tert-OH is 1. The Hall–Kier alpha value is -0.970. The highest BCUT2D eigenvalue weighted by atomic mass is 35.5. The fraction of sp³-hybridized carbons (Fsp3) is 0.455. The highest BCUT2D eigenvalue weighted by molar-refractivity contribution is 5.85. The van der Waals surface area contributed by atoms with Crippen LogP contribution in [0.25, 0.3) is 0 Å². The van der Waals surface area contributed by atoms with Crippen LogP contribution in [-0.4, -0.2) is 31.5 Å². The Kier molecular flexibility index (Phi) is 7.72. The molecule has 0 saturated heterocycles. The summed E-state index contributed by atoms with van der Waals surface area (Å²) in [4.78, 5) is 0. The van der Waals surface area contributed by atoms with Crippen LogP contribution < -0.4 is 5.73 Å². The molecular weight excluding hydrogens is 230 g/mol. The van der Waals surface area contributed by atoms with Gasteiger partial charge in [-0.15, -0.1) is 12.4 Å². The molecule has 0 fully saturated rings. The SMILES string of the molecule is COC=C1C=CC(OCC(O)CN)=CC1.Cl. The largest absolute Gasteiger partial charge is 0.504 e. The Morgan fingerprint density at radius 2 is 2.31 bits per heavy atom. The van der Waals surface area contributed by atoms with Gasteiger partial charge in [0.2, 0.25) is 0 Å². The van der Waals surface area contributed by atoms with Crippen molar-refractivity contribution in [3.05, 3.63) is 35.8 Å². The van der Waals surface area contributed by atoms with Crippen molar-refractivity contribution in [2.75, 3.05) is 20.3 Å². The quantitative estimate of drug-likeness (QED) is 0.715. The minimum Gasteiger partial charge on any atom is -0.504 e. The smallest absolute Gasteiger partial charge is 0.115 e. The summed E-state index contributed by atoms with van der Waals surface area (Å²) in [7, 11) is 1.62. The van der Waals surface area contributed by atoms with E-state index in [1.807, 2.05) is 18.2 Å². The van der Waals surface area contributed by atoms with E-state index in [4.69, 9.17) is 15.2 Å². The number of nitrogens with two attached hydrogens (primary N) is 1. The summed E-state index contributed by atoms with van der Waals surface area (Å²) in [6.45, 7) is 0.446. The summed E-state index contributed by atoms with van der Waals surface area (Å²) in [6, 6.07) is 0. The molecule has 0 amide bonds. The molecule has 0 spiro atoms. The van der Waals surface area contributed by atoms with Gasteiger partial charge in [0.1, 0.15) is 18.5 Å². The lowest BCUT2D eigenvalue weighted by Gasteiger charge is -2.13. The molecule has 0 aromatic carbocycles. The monoisotopic (exact) mass is 247 g/mol. The zero-order chi connectivity index (χ0) is 11.1. The minimum absolute atomic E-state index is 0. The van der Waals surface area contributed by atoms with Crippen molar-refractivity contribution in [1.82, 2.24) is 0 Å². The summed E-state index contributed by atoms with van der Waals surface area (Å²) in [5, 5.41) is 9.19. The summed E-state index contributed by atoms with van der Waals surface area (Å²) in [5.74, 6) is 0.760. The maximum absolute atomic E-state index is 9.19. The Morgan fingerprint density at radius 3 is 2.81 bits per heavy atom. The van der Waals surface area contributed by atoms with E-state index in [9.17, 15) is 5.11 Å². The van der Waals surface area contributed by atoms with Gasteiger partial charge in [0, 0.05) is 6.54 Å². The first-order valence-corrected chi connectivity index (χ1v) is 4.87. The van der Waals surface area contributed by atoms with Gasteiger partial charge in [-0.2, -0.15) is 0 Å². The summed E-state index contributed by atoms with van der Waals surface area (Å²) < 4.78 is 10.2. The zero-order valence-electron chi connectivity index (χ0n) is 9.26. The van der Waals surface area contributed by atoms with Crippen LogP contribution >= 0.6 is 12.4 Å². The average Bonchev–Trinajstić information content (AvgIpc) is 2.28. The molecule has 0 bridgehead atoms. The third-order valence-electron chi connectivity index (χ3n) is 1.98. The third-order valence-corrected chi connectivity index (χ3v) is 1.98. The molecule has 1 rings (SSSR count). The normalized spacial score (nSPS) is 18.7. The topological polar surface area (TPSA) is 64.7 Å². The molecule has 0 aliphatic heterocycles. The van der Waals surface area contributed by atoms with Gasteiger partial charge in [0.25, 0.3) is 0 Å². The highest BCUT2D eigenvalue weighted by Crippen LogP contribution is 2.16. The summed E-state index contributed by atoms with van der Waals surface area (Å²) in [5.41, 5.74) is 6.34. The lowest BCUT2D eigenvalue weighted by molar-refractivity contribution is 0.0810. The number of allylic oxidation sites excluding steroid dienone is 4. The van der Waals surface area contributed by atoms with E-state index in [2.05, 4.69) is 0 Å². The highest BCUT2D eigenvalue weighted by Gasteiger charge is 2.05. The number of halogens is 1. The van der Waals surface area contributed by atoms with Gasteiger partial charge >= 0.3 is 0 Å². The van der Waals surface area contributed by atoms with E-state index >= 15 is 0 Å². The van der Waals surface area contributed by atoms with Crippen LogP contribution in [0.2, 0.25) is 0 Å². The van der Waals surface area contributed by atoms with E-state index in [0.29, 0.717) is 0 Å². The van der Waals surface area contributed by atoms with Crippen molar-refractivity contribution < 1.29 is 14.6 Å². The van der Waals surface area contributed by atoms with Crippen molar-refractivity contribution in [2.45, 2.75) is 12.5 Å². The van der Waals surface area contributed by atoms with Gasteiger partial charge in [-0.25, -0.2) is 0 Å². The van der Waals surface area contributed by atoms with Crippen molar-refractivity contribution in [2.24, 2.45) is 5.73 Å². The number of aliphatic hydroxyl groups is 1. The number of methoxy groups -OCH3 is 1. The lowest BCUT2D eigenvalue weighted by atomic mass is 10.1. The third kappa shape index (κ3) is 5.21. The van der Waals surface area contributed by atoms with E-state index < -0.39 is 6.10 Å². The second-order valence-corrected chi connectivity index (χ2v) is 3.27. The maximum Gasteiger partial charge on any atom is 0.115 e. The van der Waals surface area contributed by atoms with Crippen LogP contribution in [0, 0.1) is 0 Å². The van der Waals surface area contributed by atoms with Gasteiger partial charge in [0.15, 0.2) is 0 Å². The molecule has 0 aromatic rings. The molecule has 1 unspecified atom stereocenters. The Balaban J connectivity index is 0.00000225. The van der Waals surface area contributed by atoms with Crippen molar-refractivity contribution in [3.63, 3.8) is 0 Å². The molecule has 0 saturated carbocycles. The van der Waals surface area contributed by atoms with Crippen LogP contribution in [0.15, 0.2) is 35.8 Å². The molecule has 5 heteroatoms. The van der Waals surface area contributed by atoms with Gasteiger partial charge in [-0.05, 0) is 24.1 Å². The Labute approximate surface area is 102 Å². The van der Waals surface area contributed by atoms with Crippen LogP contribution in [0.3, 0.4) is 0 Å². The van der Waals surface area contributed by atoms with Crippen molar-refractivity contribution in [1.29, 1.82) is 0 Å². The molecular formula is C11H18ClNO3. The first kappa shape index (κ1) is 15.0. The van der Waals surface area contributed by atoms with Crippen molar-refractivity contribution in [3.8, 4) is 0 Å². The second kappa shape index (κ2) is 8.21. The Morgan fingerprint density at radius 1 is 1.56 bits per heavy atom. The second-order valence-electron chi connectivity index (χ2n) is 3.27. The first-order chi connectivity index (χ1) is 7.26. The number of hydrogen-bond acceptors (Lipinski definition) is 4. The predicted octanol–water partition coefficient (Wildman–Crippen LogP) is 1.12. The van der Waals surface area contributed by atoms with E-state index in [0.717, 1.165) is 17.8 Å². The van der Waals surface area contributed by atoms with Crippen LogP contribution in [0.4, 0.5) is 0 Å². The molecule has 92 valence electrons. The Bertz CT molecular complexity index is 287. The summed E-state index contributed by atoms with van der Waals surface area (Å²) in [6.07, 6.45) is 7.58. The van der Waals surface area contributed by atoms with Crippen LogP contribution in [0.1, 0.15) is 6.42 Å². The van der Waals surface area contributed by atoms with E-state index in [1.165, 1.54) is 0 Å². The van der Waals surface area contributed by atoms with Crippen LogP contribution in [-0.2, 0) is 9.47 Å². The predicted molar refractivity (Wildman–Crippen MR) is 65.2 cm³/mol. The standard InChI is InChI=1S/C11H17NO3.ClH/c1-14-7-9-2-4-11(5-3-9)15-8-10(13)6-12;/h2,4-5,7,10,13H,3,6,8,12H2,1H3;1H. The number of ether oxygens (including phenoxy) is 2. The molecule has 16 heavy (non-hydrogen) atoms. The fourth-order valence-electron chi connectivity index (χ4n) is 1.15. The van der Waals surface area contributed by atoms with Gasteiger partial charge in [0.05, 0.1) is 13.4 Å². The van der Waals surface area contributed by atoms with Gasteiger partial charge < -0.3 is 20.3 Å². The van der Waals surface area contributed by atoms with E-state index in [-0.39, 0.29) is 25.6 Å². The zero-order valence-corrected chi connectivity index (χ0v) is 10.1. The molecule has 1 aliphatic carbocycles. The van der Waals surface area contributed by atoms with Crippen molar-refractivity contribution >= 4 is 12.4 Å². The average molecular weight is 248 g/mol. The van der Waals surface area contributed by atoms with Crippen LogP contribution in [0.5, 0.6) is 0 Å². The minimum atomic E-state index is -0.602. The maximum atomic E-state index is 9.19. The fourth-order valence-corrected chi connectivity index (χ4v) is 1.15. The molecule has 0 heterocycles. The number of rotatable bonds is 5. The molecule has 1 aliphatic rings. The van der Waals surface area contributed by atoms with E-state index in [1.54, 1.807) is 13.4 Å². The number of hydrogen-bond donors (Lipinski definition) is 2. The summed E-state index contributed by atoms with van der Waals surface area (Å²) >= 11 is 0.